The molecule has 2 heterocycles. The molecule has 3 rings (SSSR count). The van der Waals surface area contributed by atoms with Gasteiger partial charge in [0.15, 0.2) is 11.5 Å². The summed E-state index contributed by atoms with van der Waals surface area (Å²) in [6, 6.07) is 5.38. The number of fused-ring (bicyclic) bond motifs is 1. The van der Waals surface area contributed by atoms with Gasteiger partial charge in [-0.05, 0) is 18.2 Å². The lowest BCUT2D eigenvalue weighted by Gasteiger charge is -2.22. The fraction of sp³-hybridized carbons (Fsp3) is 0.385. The van der Waals surface area contributed by atoms with Crippen LogP contribution >= 0.6 is 24.8 Å². The van der Waals surface area contributed by atoms with E-state index in [-0.39, 0.29) is 30.7 Å². The third-order valence-corrected chi connectivity index (χ3v) is 2.98. The van der Waals surface area contributed by atoms with Crippen molar-refractivity contribution in [3.8, 4) is 0 Å². The maximum atomic E-state index is 12.0. The number of carbonyl (C=O) groups excluding carboxylic acids is 1. The lowest BCUT2D eigenvalue weighted by Crippen LogP contribution is -2.45. The molecule has 0 spiro atoms. The van der Waals surface area contributed by atoms with Crippen LogP contribution in [-0.4, -0.2) is 36.7 Å². The second-order valence-corrected chi connectivity index (χ2v) is 4.47. The summed E-state index contributed by atoms with van der Waals surface area (Å²) in [6.45, 7) is 3.67. The molecule has 0 radical (unpaired) electrons. The first-order chi connectivity index (χ1) is 9.22. The van der Waals surface area contributed by atoms with Gasteiger partial charge in [-0.15, -0.1) is 24.8 Å². The number of morpholine rings is 1. The minimum absolute atomic E-state index is 0. The van der Waals surface area contributed by atoms with Gasteiger partial charge in [-0.25, -0.2) is 4.98 Å². The summed E-state index contributed by atoms with van der Waals surface area (Å²) in [5.41, 5.74) is 2.14. The van der Waals surface area contributed by atoms with Crippen LogP contribution in [0.3, 0.4) is 0 Å². The fourth-order valence-corrected chi connectivity index (χ4v) is 2.08. The summed E-state index contributed by atoms with van der Waals surface area (Å²) in [5.74, 6) is 0.463. The van der Waals surface area contributed by atoms with Crippen molar-refractivity contribution >= 4 is 47.5 Å². The smallest absolute Gasteiger partial charge is 0.254 e. The van der Waals surface area contributed by atoms with Gasteiger partial charge in [0.25, 0.3) is 5.91 Å². The van der Waals surface area contributed by atoms with E-state index < -0.39 is 6.10 Å². The van der Waals surface area contributed by atoms with Gasteiger partial charge >= 0.3 is 0 Å². The van der Waals surface area contributed by atoms with Gasteiger partial charge in [-0.2, -0.15) is 0 Å². The number of amides is 1. The number of nitrogens with zero attached hydrogens (tertiary/aromatic N) is 1. The predicted octanol–water partition coefficient (Wildman–Crippen LogP) is 1.91. The first-order valence-electron chi connectivity index (χ1n) is 6.23. The van der Waals surface area contributed by atoms with Crippen molar-refractivity contribution in [1.82, 2.24) is 10.3 Å². The summed E-state index contributed by atoms with van der Waals surface area (Å²) in [4.78, 5) is 16.2. The fourth-order valence-electron chi connectivity index (χ4n) is 2.08. The number of rotatable bonds is 2. The van der Waals surface area contributed by atoms with Crippen molar-refractivity contribution in [2.75, 3.05) is 25.0 Å². The highest BCUT2D eigenvalue weighted by Gasteiger charge is 2.21. The molecule has 116 valence electrons. The molecule has 6 nitrogen and oxygen atoms in total. The van der Waals surface area contributed by atoms with Gasteiger partial charge in [0.05, 0.1) is 6.61 Å². The van der Waals surface area contributed by atoms with E-state index in [2.05, 4.69) is 15.6 Å². The normalized spacial score (nSPS) is 17.7. The number of aromatic nitrogens is 1. The van der Waals surface area contributed by atoms with Gasteiger partial charge in [-0.1, -0.05) is 0 Å². The minimum atomic E-state index is -0.441. The van der Waals surface area contributed by atoms with Crippen molar-refractivity contribution in [3.05, 3.63) is 24.1 Å². The summed E-state index contributed by atoms with van der Waals surface area (Å²) >= 11 is 0. The van der Waals surface area contributed by atoms with Crippen molar-refractivity contribution in [2.24, 2.45) is 0 Å². The van der Waals surface area contributed by atoms with Crippen LogP contribution in [0.15, 0.2) is 22.6 Å². The van der Waals surface area contributed by atoms with Crippen molar-refractivity contribution < 1.29 is 13.9 Å². The van der Waals surface area contributed by atoms with Crippen LogP contribution in [0.2, 0.25) is 0 Å². The van der Waals surface area contributed by atoms with Crippen molar-refractivity contribution in [1.29, 1.82) is 0 Å². The number of ether oxygens (including phenoxy) is 1. The molecule has 1 saturated heterocycles. The second kappa shape index (κ2) is 7.61. The van der Waals surface area contributed by atoms with E-state index in [1.54, 1.807) is 25.1 Å². The zero-order valence-corrected chi connectivity index (χ0v) is 13.1. The molecule has 1 aromatic carbocycles. The summed E-state index contributed by atoms with van der Waals surface area (Å²) in [6.07, 6.45) is -0.441. The Labute approximate surface area is 134 Å². The van der Waals surface area contributed by atoms with E-state index in [0.717, 1.165) is 12.1 Å². The Morgan fingerprint density at radius 3 is 2.95 bits per heavy atom. The number of carbonyl (C=O) groups is 1. The topological polar surface area (TPSA) is 76.4 Å². The van der Waals surface area contributed by atoms with Crippen molar-refractivity contribution in [2.45, 2.75) is 13.0 Å². The third kappa shape index (κ3) is 4.07. The van der Waals surface area contributed by atoms with Gasteiger partial charge in [0.1, 0.15) is 11.6 Å². The van der Waals surface area contributed by atoms with Gasteiger partial charge in [0.2, 0.25) is 0 Å². The molecule has 0 bridgehead atoms. The van der Waals surface area contributed by atoms with E-state index in [9.17, 15) is 4.79 Å². The average Bonchev–Trinajstić information content (AvgIpc) is 2.79. The highest BCUT2D eigenvalue weighted by molar-refractivity contribution is 5.95. The van der Waals surface area contributed by atoms with Gasteiger partial charge in [-0.3, -0.25) is 4.79 Å². The largest absolute Gasteiger partial charge is 0.441 e. The van der Waals surface area contributed by atoms with E-state index in [1.807, 2.05) is 0 Å². The second-order valence-electron chi connectivity index (χ2n) is 4.47. The molecule has 1 aliphatic heterocycles. The number of aryl methyl sites for hydroxylation is 1. The Morgan fingerprint density at radius 1 is 1.43 bits per heavy atom. The number of anilines is 1. The molecule has 1 fully saturated rings. The number of hydrogen-bond donors (Lipinski definition) is 2. The SMILES string of the molecule is Cc1nc2cc(NC(=O)C3CNCCO3)ccc2o1.Cl.Cl. The summed E-state index contributed by atoms with van der Waals surface area (Å²) in [7, 11) is 0. The van der Waals surface area contributed by atoms with Crippen LogP contribution in [0, 0.1) is 6.92 Å². The standard InChI is InChI=1S/C13H15N3O3.2ClH/c1-8-15-10-6-9(2-3-11(10)19-8)16-13(17)12-7-14-4-5-18-12;;/h2-3,6,12,14H,4-5,7H2,1H3,(H,16,17);2*1H. The van der Waals surface area contributed by atoms with E-state index in [0.29, 0.717) is 30.3 Å². The molecule has 1 unspecified atom stereocenters. The number of nitrogens with one attached hydrogen (secondary N) is 2. The maximum absolute atomic E-state index is 12.0. The highest BCUT2D eigenvalue weighted by atomic mass is 35.5. The summed E-state index contributed by atoms with van der Waals surface area (Å²) < 4.78 is 10.8. The molecule has 8 heteroatoms. The van der Waals surface area contributed by atoms with Crippen LogP contribution in [0.4, 0.5) is 5.69 Å². The third-order valence-electron chi connectivity index (χ3n) is 2.98. The van der Waals surface area contributed by atoms with Gasteiger partial charge < -0.3 is 19.8 Å². The molecule has 2 aromatic rings. The maximum Gasteiger partial charge on any atom is 0.254 e. The molecule has 0 aliphatic carbocycles. The lowest BCUT2D eigenvalue weighted by atomic mass is 10.2. The average molecular weight is 334 g/mol. The predicted molar refractivity (Wildman–Crippen MR) is 84.5 cm³/mol. The minimum Gasteiger partial charge on any atom is -0.441 e. The first-order valence-corrected chi connectivity index (χ1v) is 6.23. The van der Waals surface area contributed by atoms with Crippen LogP contribution < -0.4 is 10.6 Å². The van der Waals surface area contributed by atoms with E-state index >= 15 is 0 Å². The van der Waals surface area contributed by atoms with Crippen LogP contribution in [0.5, 0.6) is 0 Å². The Morgan fingerprint density at radius 2 is 2.24 bits per heavy atom. The molecule has 1 aliphatic rings. The Balaban J connectivity index is 0.00000110. The van der Waals surface area contributed by atoms with E-state index in [4.69, 9.17) is 9.15 Å². The number of benzene rings is 1. The molecule has 0 saturated carbocycles. The van der Waals surface area contributed by atoms with Gasteiger partial charge in [0, 0.05) is 25.7 Å². The van der Waals surface area contributed by atoms with E-state index in [1.165, 1.54) is 0 Å². The first kappa shape index (κ1) is 17.7. The number of oxazole rings is 1. The zero-order valence-electron chi connectivity index (χ0n) is 11.4. The van der Waals surface area contributed by atoms with Crippen LogP contribution in [-0.2, 0) is 9.53 Å². The Bertz CT molecular complexity index is 612. The van der Waals surface area contributed by atoms with Crippen LogP contribution in [0.1, 0.15) is 5.89 Å². The molecule has 1 amide bonds. The lowest BCUT2D eigenvalue weighted by molar-refractivity contribution is -0.128. The Kier molecular flexibility index (Phi) is 6.42. The number of halogens is 2. The van der Waals surface area contributed by atoms with Crippen molar-refractivity contribution in [3.63, 3.8) is 0 Å². The quantitative estimate of drug-likeness (QED) is 0.877. The molecule has 21 heavy (non-hydrogen) atoms. The summed E-state index contributed by atoms with van der Waals surface area (Å²) in [5, 5.41) is 5.95. The number of hydrogen-bond acceptors (Lipinski definition) is 5. The zero-order chi connectivity index (χ0) is 13.2. The molecule has 2 N–H and O–H groups in total. The molecular formula is C13H17Cl2N3O3. The highest BCUT2D eigenvalue weighted by Crippen LogP contribution is 2.19. The molecular weight excluding hydrogens is 317 g/mol. The monoisotopic (exact) mass is 333 g/mol. The van der Waals surface area contributed by atoms with Crippen LogP contribution in [0.25, 0.3) is 11.1 Å². The molecule has 1 atom stereocenters. The Hall–Kier alpha value is -1.34. The molecule has 1 aromatic heterocycles.